The van der Waals surface area contributed by atoms with Gasteiger partial charge in [-0.25, -0.2) is 4.79 Å². The van der Waals surface area contributed by atoms with E-state index in [0.717, 1.165) is 0 Å². The van der Waals surface area contributed by atoms with E-state index in [9.17, 15) is 19.5 Å². The molecule has 0 aliphatic heterocycles. The van der Waals surface area contributed by atoms with Crippen LogP contribution >= 0.6 is 0 Å². The first-order valence-corrected chi connectivity index (χ1v) is 11.1. The van der Waals surface area contributed by atoms with Crippen molar-refractivity contribution < 1.29 is 29.0 Å². The minimum Gasteiger partial charge on any atom is -0.508 e. The lowest BCUT2D eigenvalue weighted by molar-refractivity contribution is -0.139. The van der Waals surface area contributed by atoms with Crippen molar-refractivity contribution in [1.82, 2.24) is 10.2 Å². The van der Waals surface area contributed by atoms with Crippen LogP contribution in [-0.2, 0) is 14.3 Å². The fraction of sp³-hybridized carbons (Fsp3) is 0.346. The van der Waals surface area contributed by atoms with E-state index in [1.54, 1.807) is 57.2 Å². The highest BCUT2D eigenvalue weighted by Gasteiger charge is 2.34. The predicted octanol–water partition coefficient (Wildman–Crippen LogP) is 4.01. The van der Waals surface area contributed by atoms with E-state index >= 15 is 0 Å². The molecule has 0 aliphatic rings. The van der Waals surface area contributed by atoms with Crippen molar-refractivity contribution in [1.29, 1.82) is 0 Å². The number of benzene rings is 2. The van der Waals surface area contributed by atoms with Crippen LogP contribution < -0.4 is 15.4 Å². The molecule has 2 atom stereocenters. The molecule has 2 unspecified atom stereocenters. The molecule has 3 amide bonds. The zero-order chi connectivity index (χ0) is 26.2. The summed E-state index contributed by atoms with van der Waals surface area (Å²) >= 11 is 0. The lowest BCUT2D eigenvalue weighted by atomic mass is 10.0. The topological polar surface area (TPSA) is 117 Å². The number of hydrogen-bond acceptors (Lipinski definition) is 6. The maximum Gasteiger partial charge on any atom is 0.408 e. The summed E-state index contributed by atoms with van der Waals surface area (Å²) in [5.74, 6) is -0.483. The van der Waals surface area contributed by atoms with Gasteiger partial charge in [-0.1, -0.05) is 18.2 Å². The quantitative estimate of drug-likeness (QED) is 0.464. The number of alkyl carbamates (subject to hydrolysis) is 1. The van der Waals surface area contributed by atoms with E-state index in [0.29, 0.717) is 17.0 Å². The molecule has 0 aliphatic carbocycles. The minimum atomic E-state index is -1.13. The highest BCUT2D eigenvalue weighted by atomic mass is 16.6. The predicted molar refractivity (Wildman–Crippen MR) is 133 cm³/mol. The number of nitrogens with one attached hydrogen (secondary N) is 2. The summed E-state index contributed by atoms with van der Waals surface area (Å²) in [6, 6.07) is 10.7. The number of hydrogen-bond donors (Lipinski definition) is 3. The summed E-state index contributed by atoms with van der Waals surface area (Å²) < 4.78 is 10.4. The summed E-state index contributed by atoms with van der Waals surface area (Å²) in [5, 5.41) is 15.3. The van der Waals surface area contributed by atoms with Gasteiger partial charge in [-0.15, -0.1) is 6.58 Å². The molecule has 0 saturated carbocycles. The molecule has 0 bridgehead atoms. The maximum absolute atomic E-state index is 13.5. The third-order valence-electron chi connectivity index (χ3n) is 4.82. The van der Waals surface area contributed by atoms with Crippen molar-refractivity contribution in [3.8, 4) is 11.5 Å². The second kappa shape index (κ2) is 11.9. The summed E-state index contributed by atoms with van der Waals surface area (Å²) in [7, 11) is 1.54. The summed E-state index contributed by atoms with van der Waals surface area (Å²) in [6.07, 6.45) is 0.725. The first kappa shape index (κ1) is 27.2. The monoisotopic (exact) mass is 483 g/mol. The lowest BCUT2D eigenvalue weighted by Crippen LogP contribution is -2.51. The van der Waals surface area contributed by atoms with Gasteiger partial charge < -0.3 is 30.1 Å². The molecule has 2 aromatic carbocycles. The Balaban J connectivity index is 2.37. The summed E-state index contributed by atoms with van der Waals surface area (Å²) in [5.41, 5.74) is 0.137. The average molecular weight is 484 g/mol. The molecular weight excluding hydrogens is 450 g/mol. The SMILES string of the molecule is C=CCN(C(=O)C(C)NC(=O)OC(C)(C)C)C(C(=O)Nc1ccc(OC)cc1)c1cccc(O)c1. The third-order valence-corrected chi connectivity index (χ3v) is 4.82. The van der Waals surface area contributed by atoms with Gasteiger partial charge in [-0.2, -0.15) is 0 Å². The van der Waals surface area contributed by atoms with Crippen molar-refractivity contribution in [3.63, 3.8) is 0 Å². The first-order chi connectivity index (χ1) is 16.4. The number of anilines is 1. The van der Waals surface area contributed by atoms with Crippen LogP contribution in [0.15, 0.2) is 61.2 Å². The van der Waals surface area contributed by atoms with Crippen LogP contribution in [0.4, 0.5) is 10.5 Å². The van der Waals surface area contributed by atoms with E-state index < -0.39 is 35.6 Å². The summed E-state index contributed by atoms with van der Waals surface area (Å²) in [6.45, 7) is 10.4. The molecular formula is C26H33N3O6. The molecule has 3 N–H and O–H groups in total. The second-order valence-corrected chi connectivity index (χ2v) is 8.86. The zero-order valence-electron chi connectivity index (χ0n) is 20.7. The number of phenolic OH excluding ortho intramolecular Hbond substituents is 1. The Morgan fingerprint density at radius 2 is 1.80 bits per heavy atom. The zero-order valence-corrected chi connectivity index (χ0v) is 20.7. The van der Waals surface area contributed by atoms with E-state index in [-0.39, 0.29) is 12.3 Å². The number of carbonyl (C=O) groups excluding carboxylic acids is 3. The molecule has 0 saturated heterocycles. The van der Waals surface area contributed by atoms with Crippen LogP contribution in [0, 0.1) is 0 Å². The molecule has 2 rings (SSSR count). The molecule has 0 fully saturated rings. The van der Waals surface area contributed by atoms with Gasteiger partial charge >= 0.3 is 6.09 Å². The number of methoxy groups -OCH3 is 1. The van der Waals surface area contributed by atoms with Gasteiger partial charge in [0.05, 0.1) is 7.11 Å². The van der Waals surface area contributed by atoms with Crippen LogP contribution in [0.25, 0.3) is 0 Å². The number of aromatic hydroxyl groups is 1. The largest absolute Gasteiger partial charge is 0.508 e. The molecule has 0 spiro atoms. The molecule has 0 heterocycles. The highest BCUT2D eigenvalue weighted by Crippen LogP contribution is 2.27. The Morgan fingerprint density at radius 1 is 1.14 bits per heavy atom. The van der Waals surface area contributed by atoms with Crippen LogP contribution in [0.1, 0.15) is 39.3 Å². The van der Waals surface area contributed by atoms with Crippen LogP contribution in [-0.4, -0.2) is 53.2 Å². The van der Waals surface area contributed by atoms with E-state index in [4.69, 9.17) is 9.47 Å². The van der Waals surface area contributed by atoms with Crippen molar-refractivity contribution in [2.45, 2.75) is 45.4 Å². The number of rotatable bonds is 9. The van der Waals surface area contributed by atoms with E-state index in [1.807, 2.05) is 0 Å². The van der Waals surface area contributed by atoms with Crippen molar-refractivity contribution in [2.75, 3.05) is 19.0 Å². The van der Waals surface area contributed by atoms with Gasteiger partial charge in [0.1, 0.15) is 29.2 Å². The van der Waals surface area contributed by atoms with Gasteiger partial charge in [-0.05, 0) is 69.7 Å². The summed E-state index contributed by atoms with van der Waals surface area (Å²) in [4.78, 5) is 40.4. The van der Waals surface area contributed by atoms with E-state index in [2.05, 4.69) is 17.2 Å². The molecule has 0 radical (unpaired) electrons. The Labute approximate surface area is 205 Å². The molecule has 2 aromatic rings. The van der Waals surface area contributed by atoms with Crippen LogP contribution in [0.3, 0.4) is 0 Å². The average Bonchev–Trinajstić information content (AvgIpc) is 2.77. The van der Waals surface area contributed by atoms with Gasteiger partial charge in [0.2, 0.25) is 5.91 Å². The normalized spacial score (nSPS) is 12.6. The standard InChI is InChI=1S/C26H33N3O6/c1-7-15-29(24(32)17(2)27-25(33)35-26(3,4)5)22(18-9-8-10-20(30)16-18)23(31)28-19-11-13-21(34-6)14-12-19/h7-14,16-17,22,30H,1,15H2,2-6H3,(H,27,33)(H,28,31). The van der Waals surface area contributed by atoms with Crippen molar-refractivity contribution >= 4 is 23.6 Å². The molecule has 9 heteroatoms. The Morgan fingerprint density at radius 3 is 2.34 bits per heavy atom. The van der Waals surface area contributed by atoms with Gasteiger partial charge in [-0.3, -0.25) is 9.59 Å². The first-order valence-electron chi connectivity index (χ1n) is 11.1. The van der Waals surface area contributed by atoms with Gasteiger partial charge in [0, 0.05) is 12.2 Å². The van der Waals surface area contributed by atoms with E-state index in [1.165, 1.54) is 37.1 Å². The van der Waals surface area contributed by atoms with Crippen molar-refractivity contribution in [2.24, 2.45) is 0 Å². The molecule has 9 nitrogen and oxygen atoms in total. The van der Waals surface area contributed by atoms with Gasteiger partial charge in [0.15, 0.2) is 0 Å². The van der Waals surface area contributed by atoms with Gasteiger partial charge in [0.25, 0.3) is 5.91 Å². The van der Waals surface area contributed by atoms with Crippen molar-refractivity contribution in [3.05, 3.63) is 66.7 Å². The third kappa shape index (κ3) is 8.06. The lowest BCUT2D eigenvalue weighted by Gasteiger charge is -2.33. The number of amides is 3. The Bertz CT molecular complexity index is 1050. The number of nitrogens with zero attached hydrogens (tertiary/aromatic N) is 1. The second-order valence-electron chi connectivity index (χ2n) is 8.86. The molecule has 35 heavy (non-hydrogen) atoms. The Hall–Kier alpha value is -4.01. The highest BCUT2D eigenvalue weighted by molar-refractivity contribution is 5.99. The Kier molecular flexibility index (Phi) is 9.27. The fourth-order valence-electron chi connectivity index (χ4n) is 3.31. The van der Waals surface area contributed by atoms with Crippen LogP contribution in [0.2, 0.25) is 0 Å². The minimum absolute atomic E-state index is 0.00945. The smallest absolute Gasteiger partial charge is 0.408 e. The number of ether oxygens (including phenoxy) is 2. The molecule has 0 aromatic heterocycles. The number of carbonyl (C=O) groups is 3. The maximum atomic E-state index is 13.5. The van der Waals surface area contributed by atoms with Crippen LogP contribution in [0.5, 0.6) is 11.5 Å². The number of phenols is 1. The fourth-order valence-corrected chi connectivity index (χ4v) is 3.31. The molecule has 188 valence electrons.